The van der Waals surface area contributed by atoms with Crippen LogP contribution in [0.2, 0.25) is 5.02 Å². The number of amides is 2. The lowest BCUT2D eigenvalue weighted by Gasteiger charge is -2.31. The highest BCUT2D eigenvalue weighted by Crippen LogP contribution is 2.34. The maximum absolute atomic E-state index is 13.3. The van der Waals surface area contributed by atoms with E-state index in [1.807, 2.05) is 0 Å². The van der Waals surface area contributed by atoms with Crippen LogP contribution in [0.15, 0.2) is 47.8 Å². The topological polar surface area (TPSA) is 62.3 Å². The lowest BCUT2D eigenvalue weighted by atomic mass is 9.96. The van der Waals surface area contributed by atoms with Gasteiger partial charge in [-0.2, -0.15) is 13.2 Å². The molecule has 184 valence electrons. The summed E-state index contributed by atoms with van der Waals surface area (Å²) in [4.78, 5) is 31.1. The first-order valence-electron chi connectivity index (χ1n) is 10.8. The summed E-state index contributed by atoms with van der Waals surface area (Å²) in [6, 6.07) is 8.97. The van der Waals surface area contributed by atoms with Crippen molar-refractivity contribution in [1.29, 1.82) is 0 Å². The van der Waals surface area contributed by atoms with Crippen molar-refractivity contribution in [1.82, 2.24) is 15.2 Å². The fourth-order valence-electron chi connectivity index (χ4n) is 3.92. The van der Waals surface area contributed by atoms with Crippen molar-refractivity contribution in [3.05, 3.63) is 86.1 Å². The van der Waals surface area contributed by atoms with E-state index in [0.717, 1.165) is 11.1 Å². The Kier molecular flexibility index (Phi) is 7.42. The van der Waals surface area contributed by atoms with Gasteiger partial charge in [0.2, 0.25) is 0 Å². The number of likely N-dealkylation sites (tertiary alicyclic amines) is 1. The van der Waals surface area contributed by atoms with Crippen LogP contribution in [-0.4, -0.2) is 34.8 Å². The first-order valence-corrected chi connectivity index (χ1v) is 12.0. The van der Waals surface area contributed by atoms with Crippen LogP contribution in [0, 0.1) is 5.82 Å². The number of alkyl halides is 3. The summed E-state index contributed by atoms with van der Waals surface area (Å²) < 4.78 is 53.1. The molecule has 0 bridgehead atoms. The lowest BCUT2D eigenvalue weighted by molar-refractivity contribution is -0.138. The van der Waals surface area contributed by atoms with Gasteiger partial charge < -0.3 is 10.2 Å². The maximum atomic E-state index is 13.3. The zero-order valence-electron chi connectivity index (χ0n) is 18.2. The zero-order chi connectivity index (χ0) is 25.2. The minimum absolute atomic E-state index is 0.000588. The normalized spacial score (nSPS) is 14.7. The molecule has 11 heteroatoms. The Bertz CT molecular complexity index is 1240. The van der Waals surface area contributed by atoms with Crippen LogP contribution in [0.4, 0.5) is 17.6 Å². The van der Waals surface area contributed by atoms with E-state index < -0.39 is 23.5 Å². The van der Waals surface area contributed by atoms with Gasteiger partial charge in [0.25, 0.3) is 11.8 Å². The minimum Gasteiger partial charge on any atom is -0.347 e. The Hall–Kier alpha value is -2.98. The van der Waals surface area contributed by atoms with E-state index in [1.165, 1.54) is 52.6 Å². The largest absolute Gasteiger partial charge is 0.417 e. The average molecular weight is 526 g/mol. The third-order valence-electron chi connectivity index (χ3n) is 5.79. The molecular formula is C24H20ClF4N3O2S. The summed E-state index contributed by atoms with van der Waals surface area (Å²) in [6.45, 7) is 0.746. The van der Waals surface area contributed by atoms with Gasteiger partial charge in [0, 0.05) is 30.9 Å². The van der Waals surface area contributed by atoms with Crippen LogP contribution in [0.25, 0.3) is 0 Å². The molecule has 1 saturated heterocycles. The summed E-state index contributed by atoms with van der Waals surface area (Å²) in [6.07, 6.45) is -3.55. The Labute approximate surface area is 207 Å². The van der Waals surface area contributed by atoms with E-state index >= 15 is 0 Å². The van der Waals surface area contributed by atoms with Crippen LogP contribution in [-0.2, 0) is 12.7 Å². The van der Waals surface area contributed by atoms with E-state index in [1.54, 1.807) is 5.38 Å². The molecule has 3 aromatic rings. The number of thiazole rings is 1. The second-order valence-electron chi connectivity index (χ2n) is 8.11. The van der Waals surface area contributed by atoms with Crippen molar-refractivity contribution in [2.24, 2.45) is 0 Å². The van der Waals surface area contributed by atoms with Gasteiger partial charge in [0.15, 0.2) is 0 Å². The second-order valence-corrected chi connectivity index (χ2v) is 9.41. The predicted molar refractivity (Wildman–Crippen MR) is 124 cm³/mol. The first-order chi connectivity index (χ1) is 16.6. The number of benzene rings is 2. The van der Waals surface area contributed by atoms with Crippen molar-refractivity contribution in [2.75, 3.05) is 13.1 Å². The molecule has 5 nitrogen and oxygen atoms in total. The molecule has 35 heavy (non-hydrogen) atoms. The van der Waals surface area contributed by atoms with Gasteiger partial charge in [-0.3, -0.25) is 9.59 Å². The molecule has 0 unspecified atom stereocenters. The highest BCUT2D eigenvalue weighted by atomic mass is 35.5. The molecule has 1 fully saturated rings. The second kappa shape index (κ2) is 10.3. The van der Waals surface area contributed by atoms with E-state index in [4.69, 9.17) is 11.6 Å². The van der Waals surface area contributed by atoms with E-state index in [9.17, 15) is 27.2 Å². The quantitative estimate of drug-likeness (QED) is 0.422. The summed E-state index contributed by atoms with van der Waals surface area (Å²) in [5.74, 6) is -1.57. The maximum Gasteiger partial charge on any atom is 0.417 e. The molecule has 0 spiro atoms. The smallest absolute Gasteiger partial charge is 0.347 e. The minimum atomic E-state index is -4.61. The van der Waals surface area contributed by atoms with Crippen molar-refractivity contribution < 1.29 is 27.2 Å². The number of carbonyl (C=O) groups is 2. The summed E-state index contributed by atoms with van der Waals surface area (Å²) in [5, 5.41) is 5.06. The van der Waals surface area contributed by atoms with Crippen molar-refractivity contribution in [3.8, 4) is 0 Å². The van der Waals surface area contributed by atoms with Crippen LogP contribution in [0.5, 0.6) is 0 Å². The number of hydrogen-bond donors (Lipinski definition) is 1. The number of nitrogens with zero attached hydrogens (tertiary/aromatic N) is 2. The first kappa shape index (κ1) is 25.1. The molecule has 2 heterocycles. The summed E-state index contributed by atoms with van der Waals surface area (Å²) in [7, 11) is 0. The number of rotatable bonds is 5. The van der Waals surface area contributed by atoms with Gasteiger partial charge in [-0.05, 0) is 42.7 Å². The SMILES string of the molecule is O=C(NCc1ccc(F)c(Cl)c1)c1csc(C2CCN(C(=O)c3ccccc3C(F)(F)F)CC2)n1. The van der Waals surface area contributed by atoms with Crippen molar-refractivity contribution >= 4 is 34.8 Å². The Balaban J connectivity index is 1.34. The van der Waals surface area contributed by atoms with E-state index in [0.29, 0.717) is 31.5 Å². The Morgan fingerprint density at radius 3 is 2.54 bits per heavy atom. The zero-order valence-corrected chi connectivity index (χ0v) is 19.8. The van der Waals surface area contributed by atoms with E-state index in [2.05, 4.69) is 10.3 Å². The number of halogens is 5. The molecule has 0 aliphatic carbocycles. The molecule has 1 aromatic heterocycles. The predicted octanol–water partition coefficient (Wildman–Crippen LogP) is 5.90. The van der Waals surface area contributed by atoms with Gasteiger partial charge >= 0.3 is 6.18 Å². The van der Waals surface area contributed by atoms with Crippen molar-refractivity contribution in [2.45, 2.75) is 31.5 Å². The number of hydrogen-bond acceptors (Lipinski definition) is 4. The van der Waals surface area contributed by atoms with E-state index in [-0.39, 0.29) is 34.6 Å². The molecule has 1 N–H and O–H groups in total. The molecule has 0 atom stereocenters. The van der Waals surface area contributed by atoms with Crippen LogP contribution in [0.1, 0.15) is 55.7 Å². The highest BCUT2D eigenvalue weighted by Gasteiger charge is 2.36. The Morgan fingerprint density at radius 1 is 1.14 bits per heavy atom. The standard InChI is InChI=1S/C24H20ClF4N3O2S/c25-18-11-14(5-6-19(18)26)12-30-21(33)20-13-35-22(31-20)15-7-9-32(10-8-15)23(34)16-3-1-2-4-17(16)24(27,28)29/h1-6,11,13,15H,7-10,12H2,(H,30,33). The lowest BCUT2D eigenvalue weighted by Crippen LogP contribution is -2.38. The van der Waals surface area contributed by atoms with Crippen LogP contribution >= 0.6 is 22.9 Å². The molecule has 2 aromatic carbocycles. The van der Waals surface area contributed by atoms with Gasteiger partial charge in [0.1, 0.15) is 11.5 Å². The highest BCUT2D eigenvalue weighted by molar-refractivity contribution is 7.09. The molecule has 0 radical (unpaired) electrons. The van der Waals surface area contributed by atoms with Gasteiger partial charge in [-0.25, -0.2) is 9.37 Å². The van der Waals surface area contributed by atoms with Gasteiger partial charge in [0.05, 0.1) is 21.2 Å². The van der Waals surface area contributed by atoms with Crippen molar-refractivity contribution in [3.63, 3.8) is 0 Å². The fourth-order valence-corrected chi connectivity index (χ4v) is 5.09. The molecule has 1 aliphatic rings. The summed E-state index contributed by atoms with van der Waals surface area (Å²) >= 11 is 7.08. The number of piperidine rings is 1. The number of carbonyl (C=O) groups excluding carboxylic acids is 2. The molecule has 1 aliphatic heterocycles. The Morgan fingerprint density at radius 2 is 1.86 bits per heavy atom. The average Bonchev–Trinajstić information content (AvgIpc) is 3.34. The molecular weight excluding hydrogens is 506 g/mol. The summed E-state index contributed by atoms with van der Waals surface area (Å²) in [5.41, 5.74) is -0.403. The molecule has 0 saturated carbocycles. The third-order valence-corrected chi connectivity index (χ3v) is 7.08. The number of aromatic nitrogens is 1. The molecule has 4 rings (SSSR count). The third kappa shape index (κ3) is 5.82. The van der Waals surface area contributed by atoms with Gasteiger partial charge in [-0.1, -0.05) is 29.8 Å². The van der Waals surface area contributed by atoms with Gasteiger partial charge in [-0.15, -0.1) is 11.3 Å². The van der Waals surface area contributed by atoms with Crippen LogP contribution in [0.3, 0.4) is 0 Å². The monoisotopic (exact) mass is 525 g/mol. The van der Waals surface area contributed by atoms with Crippen LogP contribution < -0.4 is 5.32 Å². The molecule has 2 amide bonds. The fraction of sp³-hybridized carbons (Fsp3) is 0.292. The number of nitrogens with one attached hydrogen (secondary N) is 1.